The normalized spacial score (nSPS) is 13.4. The number of carbonyl (C=O) groups excluding carboxylic acids is 3. The number of carbonyl (C=O) groups is 3. The van der Waals surface area contributed by atoms with Gasteiger partial charge in [-0.05, 0) is 61.0 Å². The average molecular weight is 436 g/mol. The highest BCUT2D eigenvalue weighted by Gasteiger charge is 2.34. The van der Waals surface area contributed by atoms with E-state index in [0.717, 1.165) is 11.1 Å². The molecule has 0 saturated carbocycles. The summed E-state index contributed by atoms with van der Waals surface area (Å²) in [4.78, 5) is 39.8. The molecule has 0 radical (unpaired) electrons. The van der Waals surface area contributed by atoms with E-state index in [2.05, 4.69) is 10.6 Å². The predicted octanol–water partition coefficient (Wildman–Crippen LogP) is 2.60. The molecular weight excluding hydrogens is 398 g/mol. The fourth-order valence-corrected chi connectivity index (χ4v) is 3.27. The fraction of sp³-hybridized carbons (Fsp3) is 0.609. The van der Waals surface area contributed by atoms with Crippen LogP contribution in [-0.2, 0) is 14.3 Å². The van der Waals surface area contributed by atoms with E-state index in [1.54, 1.807) is 20.8 Å². The summed E-state index contributed by atoms with van der Waals surface area (Å²) in [6, 6.07) is 3.63. The SMILES string of the molecule is Cc1cc(C)cc(C(C(=O)NC(C)C)N(CCO)C(=O)C(C)NC(=O)OC(C)(C)C)c1. The summed E-state index contributed by atoms with van der Waals surface area (Å²) in [5.41, 5.74) is 1.83. The van der Waals surface area contributed by atoms with Crippen LogP contribution in [0.25, 0.3) is 0 Å². The fourth-order valence-electron chi connectivity index (χ4n) is 3.27. The van der Waals surface area contributed by atoms with E-state index < -0.39 is 29.7 Å². The third-order valence-corrected chi connectivity index (χ3v) is 4.28. The standard InChI is InChI=1S/C23H37N3O5/c1-14(2)24-20(28)19(18-12-15(3)11-16(4)13-18)26(9-10-27)21(29)17(5)25-22(30)31-23(6,7)8/h11-14,17,19,27H,9-10H2,1-8H3,(H,24,28)(H,25,30). The maximum Gasteiger partial charge on any atom is 0.408 e. The molecule has 0 spiro atoms. The van der Waals surface area contributed by atoms with Crippen molar-refractivity contribution in [3.63, 3.8) is 0 Å². The third-order valence-electron chi connectivity index (χ3n) is 4.28. The lowest BCUT2D eigenvalue weighted by molar-refractivity contribution is -0.143. The Bertz CT molecular complexity index is 766. The summed E-state index contributed by atoms with van der Waals surface area (Å²) in [5.74, 6) is -0.853. The van der Waals surface area contributed by atoms with E-state index >= 15 is 0 Å². The molecule has 1 aromatic carbocycles. The molecule has 0 saturated heterocycles. The zero-order chi connectivity index (χ0) is 23.9. The van der Waals surface area contributed by atoms with Crippen molar-refractivity contribution in [1.29, 1.82) is 0 Å². The number of amides is 3. The van der Waals surface area contributed by atoms with Crippen LogP contribution in [0.4, 0.5) is 4.79 Å². The van der Waals surface area contributed by atoms with Crippen LogP contribution in [0.1, 0.15) is 64.3 Å². The molecule has 174 valence electrons. The average Bonchev–Trinajstić information content (AvgIpc) is 2.57. The Morgan fingerprint density at radius 3 is 2.03 bits per heavy atom. The summed E-state index contributed by atoms with van der Waals surface area (Å²) in [5, 5.41) is 15.0. The molecule has 8 heteroatoms. The van der Waals surface area contributed by atoms with Crippen molar-refractivity contribution < 1.29 is 24.2 Å². The second-order valence-corrected chi connectivity index (χ2v) is 9.11. The number of aliphatic hydroxyl groups excluding tert-OH is 1. The van der Waals surface area contributed by atoms with Crippen LogP contribution in [-0.4, -0.2) is 58.8 Å². The highest BCUT2D eigenvalue weighted by Crippen LogP contribution is 2.25. The lowest BCUT2D eigenvalue weighted by atomic mass is 9.98. The van der Waals surface area contributed by atoms with Crippen LogP contribution in [0.15, 0.2) is 18.2 Å². The van der Waals surface area contributed by atoms with Gasteiger partial charge in [0.1, 0.15) is 17.7 Å². The van der Waals surface area contributed by atoms with Gasteiger partial charge < -0.3 is 25.4 Å². The molecule has 3 amide bonds. The van der Waals surface area contributed by atoms with Crippen molar-refractivity contribution in [1.82, 2.24) is 15.5 Å². The third kappa shape index (κ3) is 8.57. The van der Waals surface area contributed by atoms with Crippen molar-refractivity contribution >= 4 is 17.9 Å². The summed E-state index contributed by atoms with van der Waals surface area (Å²) in [6.07, 6.45) is -0.730. The maximum absolute atomic E-state index is 13.3. The van der Waals surface area contributed by atoms with Gasteiger partial charge in [0.25, 0.3) is 0 Å². The molecule has 31 heavy (non-hydrogen) atoms. The first-order valence-electron chi connectivity index (χ1n) is 10.5. The Kier molecular flexibility index (Phi) is 9.49. The number of ether oxygens (including phenoxy) is 1. The maximum atomic E-state index is 13.3. The van der Waals surface area contributed by atoms with Crippen molar-refractivity contribution in [2.45, 2.75) is 79.1 Å². The highest BCUT2D eigenvalue weighted by molar-refractivity contribution is 5.92. The number of hydrogen-bond donors (Lipinski definition) is 3. The number of aryl methyl sites for hydroxylation is 2. The number of aliphatic hydroxyl groups is 1. The quantitative estimate of drug-likeness (QED) is 0.582. The van der Waals surface area contributed by atoms with Gasteiger partial charge in [0.2, 0.25) is 11.8 Å². The highest BCUT2D eigenvalue weighted by atomic mass is 16.6. The second-order valence-electron chi connectivity index (χ2n) is 9.11. The van der Waals surface area contributed by atoms with Crippen LogP contribution < -0.4 is 10.6 Å². The molecule has 0 aliphatic heterocycles. The summed E-state index contributed by atoms with van der Waals surface area (Å²) in [7, 11) is 0. The Morgan fingerprint density at radius 1 is 1.03 bits per heavy atom. The van der Waals surface area contributed by atoms with Gasteiger partial charge in [-0.2, -0.15) is 0 Å². The van der Waals surface area contributed by atoms with Gasteiger partial charge in [-0.25, -0.2) is 4.79 Å². The molecule has 0 aliphatic carbocycles. The monoisotopic (exact) mass is 435 g/mol. The summed E-state index contributed by atoms with van der Waals surface area (Å²) in [6.45, 7) is 13.8. The van der Waals surface area contributed by atoms with Gasteiger partial charge in [-0.3, -0.25) is 9.59 Å². The molecule has 0 aromatic heterocycles. The molecule has 3 N–H and O–H groups in total. The minimum Gasteiger partial charge on any atom is -0.444 e. The lowest BCUT2D eigenvalue weighted by Crippen LogP contribution is -2.53. The number of benzene rings is 1. The number of alkyl carbamates (subject to hydrolysis) is 1. The summed E-state index contributed by atoms with van der Waals surface area (Å²) >= 11 is 0. The van der Waals surface area contributed by atoms with Gasteiger partial charge in [0.15, 0.2) is 0 Å². The minimum atomic E-state index is -0.957. The second kappa shape index (κ2) is 11.1. The van der Waals surface area contributed by atoms with Crippen LogP contribution in [0.5, 0.6) is 0 Å². The van der Waals surface area contributed by atoms with Gasteiger partial charge in [-0.15, -0.1) is 0 Å². The first kappa shape index (κ1) is 26.4. The molecular formula is C23H37N3O5. The van der Waals surface area contributed by atoms with E-state index in [1.807, 2.05) is 45.9 Å². The van der Waals surface area contributed by atoms with Crippen LogP contribution >= 0.6 is 0 Å². The van der Waals surface area contributed by atoms with E-state index in [4.69, 9.17) is 4.74 Å². The molecule has 1 aromatic rings. The number of hydrogen-bond acceptors (Lipinski definition) is 5. The largest absolute Gasteiger partial charge is 0.444 e. The van der Waals surface area contributed by atoms with Crippen molar-refractivity contribution in [3.05, 3.63) is 34.9 Å². The number of nitrogens with zero attached hydrogens (tertiary/aromatic N) is 1. The van der Waals surface area contributed by atoms with Crippen molar-refractivity contribution in [2.24, 2.45) is 0 Å². The Labute approximate surface area is 185 Å². The zero-order valence-electron chi connectivity index (χ0n) is 19.9. The van der Waals surface area contributed by atoms with Gasteiger partial charge in [0, 0.05) is 12.6 Å². The molecule has 0 bridgehead atoms. The van der Waals surface area contributed by atoms with Crippen molar-refractivity contribution in [3.8, 4) is 0 Å². The van der Waals surface area contributed by atoms with Crippen molar-refractivity contribution in [2.75, 3.05) is 13.2 Å². The van der Waals surface area contributed by atoms with Gasteiger partial charge >= 0.3 is 6.09 Å². The minimum absolute atomic E-state index is 0.0671. The van der Waals surface area contributed by atoms with Gasteiger partial charge in [0.05, 0.1) is 6.61 Å². The molecule has 0 aliphatic rings. The van der Waals surface area contributed by atoms with Crippen LogP contribution in [0, 0.1) is 13.8 Å². The van der Waals surface area contributed by atoms with Gasteiger partial charge in [-0.1, -0.05) is 29.3 Å². The first-order valence-corrected chi connectivity index (χ1v) is 10.5. The number of nitrogens with one attached hydrogen (secondary N) is 2. The topological polar surface area (TPSA) is 108 Å². The molecule has 1 rings (SSSR count). The summed E-state index contributed by atoms with van der Waals surface area (Å²) < 4.78 is 5.23. The Hall–Kier alpha value is -2.61. The molecule has 0 fully saturated rings. The molecule has 0 heterocycles. The zero-order valence-corrected chi connectivity index (χ0v) is 19.9. The lowest BCUT2D eigenvalue weighted by Gasteiger charge is -2.34. The van der Waals surface area contributed by atoms with E-state index in [-0.39, 0.29) is 25.1 Å². The van der Waals surface area contributed by atoms with E-state index in [1.165, 1.54) is 11.8 Å². The first-order chi connectivity index (χ1) is 14.2. The molecule has 2 atom stereocenters. The van der Waals surface area contributed by atoms with E-state index in [9.17, 15) is 19.5 Å². The number of rotatable bonds is 8. The van der Waals surface area contributed by atoms with Crippen LogP contribution in [0.2, 0.25) is 0 Å². The van der Waals surface area contributed by atoms with Crippen LogP contribution in [0.3, 0.4) is 0 Å². The Morgan fingerprint density at radius 2 is 1.58 bits per heavy atom. The smallest absolute Gasteiger partial charge is 0.408 e. The molecule has 8 nitrogen and oxygen atoms in total. The predicted molar refractivity (Wildman–Crippen MR) is 120 cm³/mol. The Balaban J connectivity index is 3.29. The molecule has 2 unspecified atom stereocenters. The van der Waals surface area contributed by atoms with E-state index in [0.29, 0.717) is 5.56 Å².